The average molecular weight is 270 g/mol. The summed E-state index contributed by atoms with van der Waals surface area (Å²) in [4.78, 5) is 0. The van der Waals surface area contributed by atoms with Crippen LogP contribution < -0.4 is 10.5 Å². The van der Waals surface area contributed by atoms with E-state index in [-0.39, 0.29) is 5.54 Å². The molecule has 3 heteroatoms. The number of halogens is 1. The fourth-order valence-electron chi connectivity index (χ4n) is 1.77. The van der Waals surface area contributed by atoms with Gasteiger partial charge in [0.2, 0.25) is 0 Å². The van der Waals surface area contributed by atoms with Crippen molar-refractivity contribution in [2.75, 3.05) is 7.11 Å². The lowest BCUT2D eigenvalue weighted by Crippen LogP contribution is -2.24. The molecule has 15 heavy (non-hydrogen) atoms. The molecule has 0 heterocycles. The maximum absolute atomic E-state index is 6.13. The van der Waals surface area contributed by atoms with Crippen molar-refractivity contribution < 1.29 is 4.74 Å². The lowest BCUT2D eigenvalue weighted by molar-refractivity contribution is 0.413. The van der Waals surface area contributed by atoms with E-state index in [1.807, 2.05) is 6.07 Å². The number of aryl methyl sites for hydroxylation is 1. The second kappa shape index (κ2) is 3.80. The lowest BCUT2D eigenvalue weighted by Gasteiger charge is -2.13. The zero-order chi connectivity index (χ0) is 11.1. The minimum absolute atomic E-state index is 0.0430. The van der Waals surface area contributed by atoms with Gasteiger partial charge in [0.1, 0.15) is 5.75 Å². The van der Waals surface area contributed by atoms with Crippen LogP contribution in [0.15, 0.2) is 16.6 Å². The maximum atomic E-state index is 6.13. The Kier molecular flexibility index (Phi) is 2.77. The van der Waals surface area contributed by atoms with Crippen LogP contribution in [-0.4, -0.2) is 12.6 Å². The Hall–Kier alpha value is -0.540. The molecule has 2 rings (SSSR count). The van der Waals surface area contributed by atoms with Gasteiger partial charge < -0.3 is 10.5 Å². The fourth-order valence-corrected chi connectivity index (χ4v) is 2.14. The summed E-state index contributed by atoms with van der Waals surface area (Å²) in [6.07, 6.45) is 3.21. The van der Waals surface area contributed by atoms with E-state index >= 15 is 0 Å². The molecule has 1 fully saturated rings. The Labute approximate surface area is 98.9 Å². The van der Waals surface area contributed by atoms with Crippen LogP contribution in [-0.2, 0) is 6.42 Å². The van der Waals surface area contributed by atoms with Gasteiger partial charge in [0.25, 0.3) is 0 Å². The van der Waals surface area contributed by atoms with Crippen molar-refractivity contribution in [3.63, 3.8) is 0 Å². The van der Waals surface area contributed by atoms with E-state index < -0.39 is 0 Å². The first-order valence-electron chi connectivity index (χ1n) is 5.16. The molecule has 1 aliphatic rings. The van der Waals surface area contributed by atoms with E-state index in [9.17, 15) is 0 Å². The van der Waals surface area contributed by atoms with Crippen molar-refractivity contribution in [3.8, 4) is 5.75 Å². The second-order valence-corrected chi connectivity index (χ2v) is 5.25. The molecule has 0 amide bonds. The normalized spacial score (nSPS) is 17.6. The van der Waals surface area contributed by atoms with Crippen molar-refractivity contribution in [1.29, 1.82) is 0 Å². The van der Waals surface area contributed by atoms with Crippen LogP contribution in [0.5, 0.6) is 5.75 Å². The van der Waals surface area contributed by atoms with E-state index in [2.05, 4.69) is 28.9 Å². The van der Waals surface area contributed by atoms with Gasteiger partial charge in [-0.3, -0.25) is 0 Å². The van der Waals surface area contributed by atoms with Crippen LogP contribution in [0.25, 0.3) is 0 Å². The zero-order valence-electron chi connectivity index (χ0n) is 9.14. The largest absolute Gasteiger partial charge is 0.497 e. The third-order valence-electron chi connectivity index (χ3n) is 2.97. The number of rotatable bonds is 3. The molecule has 2 nitrogen and oxygen atoms in total. The van der Waals surface area contributed by atoms with Gasteiger partial charge in [-0.05, 0) is 49.4 Å². The monoisotopic (exact) mass is 269 g/mol. The third kappa shape index (κ3) is 2.34. The molecule has 1 aromatic rings. The molecular formula is C12H16BrNO. The fraction of sp³-hybridized carbons (Fsp3) is 0.500. The highest BCUT2D eigenvalue weighted by Gasteiger charge is 2.38. The van der Waals surface area contributed by atoms with E-state index in [1.165, 1.54) is 15.6 Å². The van der Waals surface area contributed by atoms with Crippen LogP contribution in [0.2, 0.25) is 0 Å². The summed E-state index contributed by atoms with van der Waals surface area (Å²) in [6.45, 7) is 2.08. The molecule has 82 valence electrons. The topological polar surface area (TPSA) is 35.2 Å². The molecule has 0 aromatic heterocycles. The summed E-state index contributed by atoms with van der Waals surface area (Å²) < 4.78 is 6.43. The van der Waals surface area contributed by atoms with Gasteiger partial charge in [-0.25, -0.2) is 0 Å². The van der Waals surface area contributed by atoms with Crippen molar-refractivity contribution >= 4 is 15.9 Å². The van der Waals surface area contributed by atoms with Crippen LogP contribution in [0.4, 0.5) is 0 Å². The van der Waals surface area contributed by atoms with Crippen molar-refractivity contribution in [1.82, 2.24) is 0 Å². The molecule has 0 atom stereocenters. The number of hydrogen-bond acceptors (Lipinski definition) is 2. The molecule has 0 radical (unpaired) electrons. The summed E-state index contributed by atoms with van der Waals surface area (Å²) in [5.41, 5.74) is 8.63. The molecule has 1 aromatic carbocycles. The molecule has 2 N–H and O–H groups in total. The predicted molar refractivity (Wildman–Crippen MR) is 65.3 cm³/mol. The second-order valence-electron chi connectivity index (χ2n) is 4.46. The van der Waals surface area contributed by atoms with Crippen molar-refractivity contribution in [2.24, 2.45) is 5.73 Å². The maximum Gasteiger partial charge on any atom is 0.119 e. The minimum atomic E-state index is 0.0430. The molecule has 1 saturated carbocycles. The quantitative estimate of drug-likeness (QED) is 0.916. The SMILES string of the molecule is COc1cc(C)c(Br)c(CC2(N)CC2)c1. The third-order valence-corrected chi connectivity index (χ3v) is 4.11. The van der Waals surface area contributed by atoms with Gasteiger partial charge in [-0.15, -0.1) is 0 Å². The first-order chi connectivity index (χ1) is 7.04. The Balaban J connectivity index is 2.31. The lowest BCUT2D eigenvalue weighted by atomic mass is 10.0. The van der Waals surface area contributed by atoms with Crippen LogP contribution in [0.1, 0.15) is 24.0 Å². The highest BCUT2D eigenvalue weighted by Crippen LogP contribution is 2.38. The molecule has 1 aliphatic carbocycles. The number of nitrogens with two attached hydrogens (primary N) is 1. The molecule has 0 unspecified atom stereocenters. The van der Waals surface area contributed by atoms with Crippen LogP contribution >= 0.6 is 15.9 Å². The first-order valence-corrected chi connectivity index (χ1v) is 5.95. The first kappa shape index (κ1) is 11.0. The molecule has 0 bridgehead atoms. The van der Waals surface area contributed by atoms with E-state index in [1.54, 1.807) is 7.11 Å². The summed E-state index contributed by atoms with van der Waals surface area (Å²) in [5.74, 6) is 0.912. The number of ether oxygens (including phenoxy) is 1. The Morgan fingerprint density at radius 2 is 2.13 bits per heavy atom. The van der Waals surface area contributed by atoms with Gasteiger partial charge in [-0.2, -0.15) is 0 Å². The van der Waals surface area contributed by atoms with Gasteiger partial charge in [0.05, 0.1) is 7.11 Å². The summed E-state index contributed by atoms with van der Waals surface area (Å²) >= 11 is 3.61. The molecule has 0 aliphatic heterocycles. The van der Waals surface area contributed by atoms with Crippen LogP contribution in [0, 0.1) is 6.92 Å². The van der Waals surface area contributed by atoms with Gasteiger partial charge in [0.15, 0.2) is 0 Å². The van der Waals surface area contributed by atoms with E-state index in [0.29, 0.717) is 0 Å². The predicted octanol–water partition coefficient (Wildman–Crippen LogP) is 2.80. The smallest absolute Gasteiger partial charge is 0.119 e. The Morgan fingerprint density at radius 1 is 1.47 bits per heavy atom. The summed E-state index contributed by atoms with van der Waals surface area (Å²) in [5, 5.41) is 0. The standard InChI is InChI=1S/C12H16BrNO/c1-8-5-10(15-2)6-9(11(8)13)7-12(14)3-4-12/h5-6H,3-4,7,14H2,1-2H3. The zero-order valence-corrected chi connectivity index (χ0v) is 10.7. The Morgan fingerprint density at radius 3 is 2.67 bits per heavy atom. The summed E-state index contributed by atoms with van der Waals surface area (Å²) in [6, 6.07) is 4.10. The minimum Gasteiger partial charge on any atom is -0.497 e. The van der Waals surface area contributed by atoms with Gasteiger partial charge >= 0.3 is 0 Å². The van der Waals surface area contributed by atoms with E-state index in [0.717, 1.165) is 25.0 Å². The molecule has 0 saturated heterocycles. The molecular weight excluding hydrogens is 254 g/mol. The van der Waals surface area contributed by atoms with Crippen molar-refractivity contribution in [3.05, 3.63) is 27.7 Å². The van der Waals surface area contributed by atoms with Gasteiger partial charge in [0, 0.05) is 10.0 Å². The highest BCUT2D eigenvalue weighted by atomic mass is 79.9. The summed E-state index contributed by atoms with van der Waals surface area (Å²) in [7, 11) is 1.70. The number of methoxy groups -OCH3 is 1. The van der Waals surface area contributed by atoms with Crippen LogP contribution in [0.3, 0.4) is 0 Å². The number of hydrogen-bond donors (Lipinski definition) is 1. The van der Waals surface area contributed by atoms with Crippen molar-refractivity contribution in [2.45, 2.75) is 31.7 Å². The Bertz CT molecular complexity index is 385. The van der Waals surface area contributed by atoms with E-state index in [4.69, 9.17) is 10.5 Å². The molecule has 0 spiro atoms. The highest BCUT2D eigenvalue weighted by molar-refractivity contribution is 9.10. The van der Waals surface area contributed by atoms with Gasteiger partial charge in [-0.1, -0.05) is 15.9 Å². The number of benzene rings is 1. The average Bonchev–Trinajstić information content (AvgIpc) is 2.91.